The van der Waals surface area contributed by atoms with E-state index in [4.69, 9.17) is 23.7 Å². The van der Waals surface area contributed by atoms with Crippen LogP contribution in [0.1, 0.15) is 31.1 Å². The second-order valence-electron chi connectivity index (χ2n) is 5.83. The van der Waals surface area contributed by atoms with E-state index in [2.05, 4.69) is 0 Å². The molecule has 1 fully saturated rings. The van der Waals surface area contributed by atoms with Gasteiger partial charge < -0.3 is 23.7 Å². The lowest BCUT2D eigenvalue weighted by molar-refractivity contribution is -0.291. The Morgan fingerprint density at radius 3 is 2.04 bits per heavy atom. The third kappa shape index (κ3) is 4.80. The monoisotopic (exact) mass is 366 g/mol. The van der Waals surface area contributed by atoms with Crippen molar-refractivity contribution in [3.63, 3.8) is 0 Å². The molecule has 26 heavy (non-hydrogen) atoms. The Morgan fingerprint density at radius 1 is 0.885 bits per heavy atom. The maximum Gasteiger partial charge on any atom is 0.338 e. The molecule has 0 bridgehead atoms. The summed E-state index contributed by atoms with van der Waals surface area (Å²) >= 11 is 0. The molecule has 142 valence electrons. The molecule has 0 amide bonds. The van der Waals surface area contributed by atoms with Gasteiger partial charge in [-0.3, -0.25) is 9.59 Å². The molecule has 1 aromatic rings. The van der Waals surface area contributed by atoms with E-state index in [9.17, 15) is 14.4 Å². The van der Waals surface area contributed by atoms with Crippen molar-refractivity contribution in [1.29, 1.82) is 0 Å². The summed E-state index contributed by atoms with van der Waals surface area (Å²) in [6.07, 6.45) is -4.65. The second-order valence-corrected chi connectivity index (χ2v) is 5.83. The van der Waals surface area contributed by atoms with E-state index in [1.54, 1.807) is 37.3 Å². The first-order chi connectivity index (χ1) is 12.3. The first kappa shape index (κ1) is 19.9. The highest BCUT2D eigenvalue weighted by Crippen LogP contribution is 2.29. The van der Waals surface area contributed by atoms with Gasteiger partial charge in [0.1, 0.15) is 6.10 Å². The molecular formula is C18H22O8. The van der Waals surface area contributed by atoms with Crippen molar-refractivity contribution in [3.8, 4) is 0 Å². The fourth-order valence-corrected chi connectivity index (χ4v) is 2.75. The molecule has 1 saturated heterocycles. The molecule has 1 aromatic carbocycles. The number of carbonyl (C=O) groups is 3. The summed E-state index contributed by atoms with van der Waals surface area (Å²) in [5, 5.41) is 0. The Labute approximate surface area is 151 Å². The molecule has 0 spiro atoms. The van der Waals surface area contributed by atoms with Gasteiger partial charge in [-0.2, -0.15) is 0 Å². The van der Waals surface area contributed by atoms with E-state index in [1.807, 2.05) is 0 Å². The van der Waals surface area contributed by atoms with E-state index in [-0.39, 0.29) is 0 Å². The van der Waals surface area contributed by atoms with Crippen molar-refractivity contribution in [2.45, 2.75) is 51.5 Å². The first-order valence-corrected chi connectivity index (χ1v) is 8.12. The summed E-state index contributed by atoms with van der Waals surface area (Å²) < 4.78 is 26.9. The summed E-state index contributed by atoms with van der Waals surface area (Å²) in [7, 11) is 1.38. The highest BCUT2D eigenvalue weighted by Gasteiger charge is 2.50. The molecule has 0 radical (unpaired) electrons. The van der Waals surface area contributed by atoms with Gasteiger partial charge >= 0.3 is 17.9 Å². The van der Waals surface area contributed by atoms with Gasteiger partial charge in [-0.15, -0.1) is 0 Å². The lowest BCUT2D eigenvalue weighted by Gasteiger charge is -2.43. The van der Waals surface area contributed by atoms with Crippen molar-refractivity contribution < 1.29 is 38.1 Å². The highest BCUT2D eigenvalue weighted by atomic mass is 16.7. The van der Waals surface area contributed by atoms with Crippen LogP contribution in [0.3, 0.4) is 0 Å². The zero-order chi connectivity index (χ0) is 19.3. The Hall–Kier alpha value is -2.45. The van der Waals surface area contributed by atoms with Crippen LogP contribution in [-0.4, -0.2) is 55.7 Å². The summed E-state index contributed by atoms with van der Waals surface area (Å²) in [5.41, 5.74) is 0.362. The van der Waals surface area contributed by atoms with Gasteiger partial charge in [0, 0.05) is 21.0 Å². The van der Waals surface area contributed by atoms with Crippen LogP contribution in [0.15, 0.2) is 30.3 Å². The molecule has 0 aromatic heterocycles. The minimum atomic E-state index is -1.16. The SMILES string of the molecule is CO[C@@H]1[C@@H](OC(C)=O)[C@@H](OC(C)=O)O[C@H](C)[C@H]1OC(=O)c1ccccc1. The Morgan fingerprint density at radius 2 is 1.50 bits per heavy atom. The van der Waals surface area contributed by atoms with Gasteiger partial charge in [-0.25, -0.2) is 4.79 Å². The molecule has 1 heterocycles. The topological polar surface area (TPSA) is 97.4 Å². The fourth-order valence-electron chi connectivity index (χ4n) is 2.75. The number of hydrogen-bond donors (Lipinski definition) is 0. The van der Waals surface area contributed by atoms with Crippen LogP contribution in [0, 0.1) is 0 Å². The highest BCUT2D eigenvalue weighted by molar-refractivity contribution is 5.89. The Kier molecular flexibility index (Phi) is 6.70. The molecule has 8 nitrogen and oxygen atoms in total. The summed E-state index contributed by atoms with van der Waals surface area (Å²) in [6, 6.07) is 8.43. The van der Waals surface area contributed by atoms with Crippen LogP contribution in [-0.2, 0) is 33.3 Å². The number of benzene rings is 1. The normalized spacial score (nSPS) is 28.1. The van der Waals surface area contributed by atoms with Gasteiger partial charge in [0.15, 0.2) is 12.2 Å². The third-order valence-corrected chi connectivity index (χ3v) is 3.84. The number of ether oxygens (including phenoxy) is 5. The average molecular weight is 366 g/mol. The molecule has 1 aliphatic rings. The Balaban J connectivity index is 2.23. The summed E-state index contributed by atoms with van der Waals surface area (Å²) in [6.45, 7) is 4.07. The van der Waals surface area contributed by atoms with Crippen LogP contribution in [0.4, 0.5) is 0 Å². The maximum absolute atomic E-state index is 12.4. The largest absolute Gasteiger partial charge is 0.453 e. The number of rotatable bonds is 5. The standard InChI is InChI=1S/C18H22O8/c1-10-14(26-17(21)13-8-6-5-7-9-13)15(22-4)16(24-11(2)19)18(23-10)25-12(3)20/h5-10,14-16,18H,1-4H3/t10-,14-,15+,16-,18-/m1/s1. The van der Waals surface area contributed by atoms with Crippen LogP contribution < -0.4 is 0 Å². The van der Waals surface area contributed by atoms with E-state index >= 15 is 0 Å². The lowest BCUT2D eigenvalue weighted by atomic mass is 9.99. The van der Waals surface area contributed by atoms with E-state index in [0.717, 1.165) is 0 Å². The van der Waals surface area contributed by atoms with Crippen molar-refractivity contribution in [1.82, 2.24) is 0 Å². The molecule has 8 heteroatoms. The van der Waals surface area contributed by atoms with E-state index < -0.39 is 48.6 Å². The van der Waals surface area contributed by atoms with E-state index in [1.165, 1.54) is 21.0 Å². The smallest absolute Gasteiger partial charge is 0.338 e. The van der Waals surface area contributed by atoms with Crippen LogP contribution in [0.25, 0.3) is 0 Å². The minimum absolute atomic E-state index is 0.362. The van der Waals surface area contributed by atoms with Gasteiger partial charge in [0.25, 0.3) is 0 Å². The number of methoxy groups -OCH3 is 1. The molecule has 0 unspecified atom stereocenters. The van der Waals surface area contributed by atoms with Crippen LogP contribution >= 0.6 is 0 Å². The van der Waals surface area contributed by atoms with Crippen LogP contribution in [0.5, 0.6) is 0 Å². The van der Waals surface area contributed by atoms with Crippen LogP contribution in [0.2, 0.25) is 0 Å². The maximum atomic E-state index is 12.4. The lowest BCUT2D eigenvalue weighted by Crippen LogP contribution is -2.60. The molecule has 1 aliphatic heterocycles. The van der Waals surface area contributed by atoms with Gasteiger partial charge in [-0.05, 0) is 19.1 Å². The van der Waals surface area contributed by atoms with E-state index in [0.29, 0.717) is 5.56 Å². The molecular weight excluding hydrogens is 344 g/mol. The molecule has 0 aliphatic carbocycles. The predicted molar refractivity (Wildman–Crippen MR) is 88.1 cm³/mol. The quantitative estimate of drug-likeness (QED) is 0.571. The number of esters is 3. The van der Waals surface area contributed by atoms with Crippen molar-refractivity contribution in [3.05, 3.63) is 35.9 Å². The zero-order valence-electron chi connectivity index (χ0n) is 15.0. The predicted octanol–water partition coefficient (Wildman–Crippen LogP) is 1.47. The second kappa shape index (κ2) is 8.77. The van der Waals surface area contributed by atoms with Crippen molar-refractivity contribution in [2.75, 3.05) is 7.11 Å². The summed E-state index contributed by atoms with van der Waals surface area (Å²) in [4.78, 5) is 35.2. The van der Waals surface area contributed by atoms with Gasteiger partial charge in [0.2, 0.25) is 6.29 Å². The van der Waals surface area contributed by atoms with Crippen molar-refractivity contribution >= 4 is 17.9 Å². The third-order valence-electron chi connectivity index (χ3n) is 3.84. The molecule has 0 saturated carbocycles. The fraction of sp³-hybridized carbons (Fsp3) is 0.500. The first-order valence-electron chi connectivity index (χ1n) is 8.12. The number of carbonyl (C=O) groups excluding carboxylic acids is 3. The number of hydrogen-bond acceptors (Lipinski definition) is 8. The Bertz CT molecular complexity index is 644. The molecule has 5 atom stereocenters. The minimum Gasteiger partial charge on any atom is -0.453 e. The summed E-state index contributed by atoms with van der Waals surface area (Å²) in [5.74, 6) is -1.78. The van der Waals surface area contributed by atoms with Crippen molar-refractivity contribution in [2.24, 2.45) is 0 Å². The average Bonchev–Trinajstić information content (AvgIpc) is 2.58. The van der Waals surface area contributed by atoms with Gasteiger partial charge in [-0.1, -0.05) is 18.2 Å². The molecule has 0 N–H and O–H groups in total. The molecule has 2 rings (SSSR count). The zero-order valence-corrected chi connectivity index (χ0v) is 15.0. The van der Waals surface area contributed by atoms with Gasteiger partial charge in [0.05, 0.1) is 11.7 Å².